The van der Waals surface area contributed by atoms with Crippen LogP contribution in [0.25, 0.3) is 0 Å². The van der Waals surface area contributed by atoms with Gasteiger partial charge in [0.1, 0.15) is 11.6 Å². The molecule has 118 valence electrons. The molecule has 1 aromatic rings. The van der Waals surface area contributed by atoms with E-state index in [9.17, 15) is 0 Å². The molecule has 1 fully saturated rings. The van der Waals surface area contributed by atoms with Crippen LogP contribution in [0.5, 0.6) is 0 Å². The van der Waals surface area contributed by atoms with Crippen LogP contribution in [0, 0.1) is 3.57 Å². The van der Waals surface area contributed by atoms with Crippen LogP contribution < -0.4 is 5.32 Å². The largest absolute Gasteiger partial charge is 0.369 e. The average Bonchev–Trinajstić information content (AvgIpc) is 2.46. The molecule has 1 saturated heterocycles. The van der Waals surface area contributed by atoms with Gasteiger partial charge in [-0.25, -0.2) is 9.97 Å². The highest BCUT2D eigenvalue weighted by Gasteiger charge is 2.27. The molecule has 0 amide bonds. The second-order valence-electron chi connectivity index (χ2n) is 5.73. The third-order valence-corrected chi connectivity index (χ3v) is 5.05. The number of rotatable bonds is 5. The number of piperazine rings is 1. The Balaban J connectivity index is 2.37. The van der Waals surface area contributed by atoms with Gasteiger partial charge in [-0.3, -0.25) is 4.90 Å². The standard InChI is InChI=1S/C15H26IN5/c1-5-7-11-13(16)15(17-6-2)19-14(18-11)12-10-20(3)8-9-21(12)4/h12H,5-10H2,1-4H3,(H,17,18,19). The molecule has 1 N–H and O–H groups in total. The van der Waals surface area contributed by atoms with E-state index in [1.807, 2.05) is 0 Å². The van der Waals surface area contributed by atoms with Crippen LogP contribution in [0.4, 0.5) is 5.82 Å². The van der Waals surface area contributed by atoms with Crippen molar-refractivity contribution in [3.63, 3.8) is 0 Å². The van der Waals surface area contributed by atoms with Crippen LogP contribution in [-0.4, -0.2) is 60.0 Å². The molecular formula is C15H26IN5. The number of halogens is 1. The molecule has 6 heteroatoms. The van der Waals surface area contributed by atoms with E-state index in [1.165, 1.54) is 9.26 Å². The molecular weight excluding hydrogens is 377 g/mol. The van der Waals surface area contributed by atoms with E-state index in [0.717, 1.165) is 50.7 Å². The van der Waals surface area contributed by atoms with Crippen molar-refractivity contribution in [3.05, 3.63) is 15.1 Å². The molecule has 0 aromatic carbocycles. The molecule has 1 atom stereocenters. The molecule has 1 aliphatic heterocycles. The summed E-state index contributed by atoms with van der Waals surface area (Å²) >= 11 is 2.37. The fraction of sp³-hybridized carbons (Fsp3) is 0.733. The number of nitrogens with zero attached hydrogens (tertiary/aromatic N) is 4. The summed E-state index contributed by atoms with van der Waals surface area (Å²) in [6.45, 7) is 8.37. The minimum atomic E-state index is 0.286. The number of nitrogens with one attached hydrogen (secondary N) is 1. The van der Waals surface area contributed by atoms with Crippen molar-refractivity contribution in [2.24, 2.45) is 0 Å². The zero-order chi connectivity index (χ0) is 15.4. The monoisotopic (exact) mass is 403 g/mol. The second-order valence-corrected chi connectivity index (χ2v) is 6.81. The molecule has 0 saturated carbocycles. The van der Waals surface area contributed by atoms with Gasteiger partial charge in [-0.2, -0.15) is 0 Å². The molecule has 1 aliphatic rings. The minimum absolute atomic E-state index is 0.286. The van der Waals surface area contributed by atoms with Gasteiger partial charge in [0.25, 0.3) is 0 Å². The summed E-state index contributed by atoms with van der Waals surface area (Å²) in [6, 6.07) is 0.286. The number of hydrogen-bond acceptors (Lipinski definition) is 5. The van der Waals surface area contributed by atoms with Crippen LogP contribution in [0.2, 0.25) is 0 Å². The third kappa shape index (κ3) is 4.04. The predicted octanol–water partition coefficient (Wildman–Crippen LogP) is 2.38. The average molecular weight is 403 g/mol. The third-order valence-electron chi connectivity index (χ3n) is 3.92. The fourth-order valence-corrected chi connectivity index (χ4v) is 3.34. The maximum absolute atomic E-state index is 4.89. The molecule has 1 aromatic heterocycles. The SMILES string of the molecule is CCCc1nc(C2CN(C)CCN2C)nc(NCC)c1I. The van der Waals surface area contributed by atoms with Gasteiger partial charge < -0.3 is 10.2 Å². The van der Waals surface area contributed by atoms with Crippen LogP contribution in [-0.2, 0) is 6.42 Å². The highest BCUT2D eigenvalue weighted by Crippen LogP contribution is 2.26. The number of anilines is 1. The Bertz CT molecular complexity index is 452. The van der Waals surface area contributed by atoms with Crippen LogP contribution >= 0.6 is 22.6 Å². The number of aryl methyl sites for hydroxylation is 1. The topological polar surface area (TPSA) is 44.3 Å². The van der Waals surface area contributed by atoms with E-state index < -0.39 is 0 Å². The molecule has 0 spiro atoms. The molecule has 0 radical (unpaired) electrons. The first-order chi connectivity index (χ1) is 10.1. The Kier molecular flexibility index (Phi) is 6.19. The van der Waals surface area contributed by atoms with E-state index in [-0.39, 0.29) is 6.04 Å². The molecule has 2 rings (SSSR count). The lowest BCUT2D eigenvalue weighted by atomic mass is 10.1. The summed E-state index contributed by atoms with van der Waals surface area (Å²) in [4.78, 5) is 14.4. The normalized spacial score (nSPS) is 20.7. The lowest BCUT2D eigenvalue weighted by Crippen LogP contribution is -2.45. The number of likely N-dealkylation sites (N-methyl/N-ethyl adjacent to an activating group) is 2. The van der Waals surface area contributed by atoms with Crippen molar-refractivity contribution in [1.29, 1.82) is 0 Å². The van der Waals surface area contributed by atoms with Gasteiger partial charge in [0, 0.05) is 26.2 Å². The molecule has 0 aliphatic carbocycles. The van der Waals surface area contributed by atoms with Crippen molar-refractivity contribution in [2.75, 3.05) is 45.6 Å². The number of aromatic nitrogens is 2. The van der Waals surface area contributed by atoms with E-state index in [2.05, 4.69) is 65.7 Å². The van der Waals surface area contributed by atoms with Gasteiger partial charge in [-0.15, -0.1) is 0 Å². The van der Waals surface area contributed by atoms with E-state index in [4.69, 9.17) is 9.97 Å². The van der Waals surface area contributed by atoms with Gasteiger partial charge in [0.05, 0.1) is 15.3 Å². The highest BCUT2D eigenvalue weighted by molar-refractivity contribution is 14.1. The maximum atomic E-state index is 4.89. The van der Waals surface area contributed by atoms with Gasteiger partial charge in [-0.05, 0) is 50.0 Å². The Labute approximate surface area is 141 Å². The first-order valence-electron chi connectivity index (χ1n) is 7.75. The zero-order valence-corrected chi connectivity index (χ0v) is 15.6. The van der Waals surface area contributed by atoms with Crippen molar-refractivity contribution in [1.82, 2.24) is 19.8 Å². The second kappa shape index (κ2) is 7.69. The Hall–Kier alpha value is -0.470. The molecule has 2 heterocycles. The summed E-state index contributed by atoms with van der Waals surface area (Å²) in [5.41, 5.74) is 1.18. The van der Waals surface area contributed by atoms with Crippen molar-refractivity contribution < 1.29 is 0 Å². The lowest BCUT2D eigenvalue weighted by molar-refractivity contribution is 0.109. The maximum Gasteiger partial charge on any atom is 0.149 e. The Morgan fingerprint density at radius 2 is 2.00 bits per heavy atom. The summed E-state index contributed by atoms with van der Waals surface area (Å²) in [5.74, 6) is 1.96. The Morgan fingerprint density at radius 3 is 2.67 bits per heavy atom. The van der Waals surface area contributed by atoms with Gasteiger partial charge in [-0.1, -0.05) is 13.3 Å². The fourth-order valence-electron chi connectivity index (χ4n) is 2.64. The quantitative estimate of drug-likeness (QED) is 0.765. The van der Waals surface area contributed by atoms with Crippen molar-refractivity contribution in [2.45, 2.75) is 32.7 Å². The molecule has 21 heavy (non-hydrogen) atoms. The van der Waals surface area contributed by atoms with E-state index in [1.54, 1.807) is 0 Å². The minimum Gasteiger partial charge on any atom is -0.369 e. The van der Waals surface area contributed by atoms with Crippen LogP contribution in [0.1, 0.15) is 37.8 Å². The molecule has 0 bridgehead atoms. The van der Waals surface area contributed by atoms with Crippen molar-refractivity contribution in [3.8, 4) is 0 Å². The Morgan fingerprint density at radius 1 is 1.24 bits per heavy atom. The zero-order valence-electron chi connectivity index (χ0n) is 13.5. The van der Waals surface area contributed by atoms with Crippen molar-refractivity contribution >= 4 is 28.4 Å². The summed E-state index contributed by atoms with van der Waals surface area (Å²) in [5, 5.41) is 3.39. The lowest BCUT2D eigenvalue weighted by Gasteiger charge is -2.37. The summed E-state index contributed by atoms with van der Waals surface area (Å²) in [6.07, 6.45) is 2.12. The van der Waals surface area contributed by atoms with E-state index in [0.29, 0.717) is 0 Å². The summed E-state index contributed by atoms with van der Waals surface area (Å²) in [7, 11) is 4.34. The number of hydrogen-bond donors (Lipinski definition) is 1. The van der Waals surface area contributed by atoms with Gasteiger partial charge in [0.2, 0.25) is 0 Å². The van der Waals surface area contributed by atoms with Gasteiger partial charge >= 0.3 is 0 Å². The predicted molar refractivity (Wildman–Crippen MR) is 95.8 cm³/mol. The van der Waals surface area contributed by atoms with Gasteiger partial charge in [0.15, 0.2) is 0 Å². The molecule has 1 unspecified atom stereocenters. The first-order valence-corrected chi connectivity index (χ1v) is 8.83. The van der Waals surface area contributed by atoms with Crippen LogP contribution in [0.15, 0.2) is 0 Å². The summed E-state index contributed by atoms with van der Waals surface area (Å²) < 4.78 is 1.17. The smallest absolute Gasteiger partial charge is 0.149 e. The molecule has 5 nitrogen and oxygen atoms in total. The first kappa shape index (κ1) is 16.9. The van der Waals surface area contributed by atoms with E-state index >= 15 is 0 Å². The van der Waals surface area contributed by atoms with Crippen LogP contribution in [0.3, 0.4) is 0 Å². The highest BCUT2D eigenvalue weighted by atomic mass is 127.